The molecule has 0 aliphatic carbocycles. The van der Waals surface area contributed by atoms with Crippen molar-refractivity contribution in [1.29, 1.82) is 0 Å². The molecule has 1 atom stereocenters. The van der Waals surface area contributed by atoms with E-state index in [1.165, 1.54) is 0 Å². The number of hydrogen-bond acceptors (Lipinski definition) is 5. The maximum Gasteiger partial charge on any atom is 0.347 e. The molecule has 1 N–H and O–H groups in total. The van der Waals surface area contributed by atoms with Crippen LogP contribution in [0.15, 0.2) is 11.3 Å². The Morgan fingerprint density at radius 2 is 2.18 bits per heavy atom. The number of carbonyl (C=O) groups is 2. The predicted molar refractivity (Wildman–Crippen MR) is 60.3 cm³/mol. The van der Waals surface area contributed by atoms with Crippen LogP contribution in [0.4, 0.5) is 0 Å². The van der Waals surface area contributed by atoms with Gasteiger partial charge in [0, 0.05) is 6.42 Å². The molecule has 1 saturated heterocycles. The van der Waals surface area contributed by atoms with Crippen LogP contribution >= 0.6 is 0 Å². The fourth-order valence-corrected chi connectivity index (χ4v) is 1.49. The van der Waals surface area contributed by atoms with Gasteiger partial charge in [0.05, 0.1) is 13.0 Å². The maximum absolute atomic E-state index is 11.6. The van der Waals surface area contributed by atoms with Gasteiger partial charge in [0.1, 0.15) is 11.3 Å². The van der Waals surface area contributed by atoms with Crippen LogP contribution in [0.25, 0.3) is 0 Å². The van der Waals surface area contributed by atoms with Crippen LogP contribution in [0.3, 0.4) is 0 Å². The van der Waals surface area contributed by atoms with Crippen molar-refractivity contribution < 1.29 is 24.2 Å². The quantitative estimate of drug-likeness (QED) is 0.262. The van der Waals surface area contributed by atoms with Crippen LogP contribution in [0.1, 0.15) is 39.5 Å². The van der Waals surface area contributed by atoms with E-state index in [1.807, 2.05) is 6.92 Å². The van der Waals surface area contributed by atoms with Crippen molar-refractivity contribution in [3.63, 3.8) is 0 Å². The molecule has 0 bridgehead atoms. The van der Waals surface area contributed by atoms with Crippen LogP contribution in [-0.2, 0) is 19.1 Å². The second kappa shape index (κ2) is 6.39. The average molecular weight is 242 g/mol. The Bertz CT molecular complexity index is 312. The molecule has 1 unspecified atom stereocenters. The van der Waals surface area contributed by atoms with Crippen LogP contribution in [-0.4, -0.2) is 29.8 Å². The largest absolute Gasteiger partial charge is 0.511 e. The molecule has 0 saturated carbocycles. The number of hydrogen-bond donors (Lipinski definition) is 1. The van der Waals surface area contributed by atoms with E-state index >= 15 is 0 Å². The van der Waals surface area contributed by atoms with E-state index in [9.17, 15) is 14.7 Å². The van der Waals surface area contributed by atoms with Gasteiger partial charge in [0.2, 0.25) is 6.29 Å². The molecule has 0 spiro atoms. The van der Waals surface area contributed by atoms with Crippen molar-refractivity contribution >= 4 is 11.8 Å². The molecular formula is C12H18O5. The Morgan fingerprint density at radius 3 is 2.71 bits per heavy atom. The topological polar surface area (TPSA) is 72.8 Å². The summed E-state index contributed by atoms with van der Waals surface area (Å²) >= 11 is 0. The lowest BCUT2D eigenvalue weighted by molar-refractivity contribution is -0.183. The zero-order valence-corrected chi connectivity index (χ0v) is 10.2. The highest BCUT2D eigenvalue weighted by Crippen LogP contribution is 2.20. The molecule has 96 valence electrons. The highest BCUT2D eigenvalue weighted by atomic mass is 16.7. The molecule has 0 amide bonds. The number of unbranched alkanes of at least 4 members (excludes halogenated alkanes) is 1. The summed E-state index contributed by atoms with van der Waals surface area (Å²) in [6.07, 6.45) is 1.23. The number of ketones is 1. The van der Waals surface area contributed by atoms with Gasteiger partial charge < -0.3 is 14.6 Å². The van der Waals surface area contributed by atoms with Crippen molar-refractivity contribution in [3.8, 4) is 0 Å². The number of ether oxygens (including phenoxy) is 2. The molecule has 17 heavy (non-hydrogen) atoms. The molecule has 0 aromatic carbocycles. The summed E-state index contributed by atoms with van der Waals surface area (Å²) in [5, 5.41) is 9.44. The molecule has 5 heteroatoms. The van der Waals surface area contributed by atoms with Crippen molar-refractivity contribution in [2.24, 2.45) is 0 Å². The molecule has 1 fully saturated rings. The summed E-state index contributed by atoms with van der Waals surface area (Å²) in [5.41, 5.74) is -0.233. The minimum atomic E-state index is -0.810. The molecule has 1 aliphatic rings. The van der Waals surface area contributed by atoms with E-state index in [-0.39, 0.29) is 24.2 Å². The Balaban J connectivity index is 2.62. The molecule has 1 aliphatic heterocycles. The number of allylic oxidation sites excluding steroid dienone is 1. The molecule has 0 radical (unpaired) electrons. The third-order valence-corrected chi connectivity index (χ3v) is 2.50. The van der Waals surface area contributed by atoms with Gasteiger partial charge in [-0.15, -0.1) is 0 Å². The lowest BCUT2D eigenvalue weighted by atomic mass is 10.0. The number of esters is 1. The molecular weight excluding hydrogens is 224 g/mol. The van der Waals surface area contributed by atoms with Gasteiger partial charge in [0.15, 0.2) is 5.78 Å². The van der Waals surface area contributed by atoms with Gasteiger partial charge in [-0.2, -0.15) is 0 Å². The van der Waals surface area contributed by atoms with E-state index in [4.69, 9.17) is 9.47 Å². The summed E-state index contributed by atoms with van der Waals surface area (Å²) in [4.78, 5) is 23.2. The number of Topliss-reactive ketones (excluding diaryl/α,β-unsaturated/α-hetero) is 1. The SMILES string of the molecule is CCCCOC1CC(=O)/C(=C(\O)CC)C(=O)O1. The van der Waals surface area contributed by atoms with Gasteiger partial charge >= 0.3 is 5.97 Å². The number of aliphatic hydroxyl groups excluding tert-OH is 1. The fraction of sp³-hybridized carbons (Fsp3) is 0.667. The summed E-state index contributed by atoms with van der Waals surface area (Å²) < 4.78 is 10.2. The highest BCUT2D eigenvalue weighted by molar-refractivity contribution is 6.19. The smallest absolute Gasteiger partial charge is 0.347 e. The first-order valence-electron chi connectivity index (χ1n) is 5.88. The van der Waals surface area contributed by atoms with Gasteiger partial charge in [-0.05, 0) is 6.42 Å². The van der Waals surface area contributed by atoms with Crippen LogP contribution in [0.5, 0.6) is 0 Å². The lowest BCUT2D eigenvalue weighted by Gasteiger charge is -2.23. The zero-order valence-electron chi connectivity index (χ0n) is 10.2. The Hall–Kier alpha value is -1.36. The molecule has 1 rings (SSSR count). The van der Waals surface area contributed by atoms with Gasteiger partial charge in [0.25, 0.3) is 0 Å². The summed E-state index contributed by atoms with van der Waals surface area (Å²) in [7, 11) is 0. The monoisotopic (exact) mass is 242 g/mol. The number of cyclic esters (lactones) is 1. The fourth-order valence-electron chi connectivity index (χ4n) is 1.49. The Labute approximate surface area is 100 Å². The third kappa shape index (κ3) is 3.56. The third-order valence-electron chi connectivity index (χ3n) is 2.50. The highest BCUT2D eigenvalue weighted by Gasteiger charge is 2.34. The Kier molecular flexibility index (Phi) is 5.15. The van der Waals surface area contributed by atoms with E-state index in [1.54, 1.807) is 6.92 Å². The molecule has 5 nitrogen and oxygen atoms in total. The van der Waals surface area contributed by atoms with Gasteiger partial charge in [-0.3, -0.25) is 4.79 Å². The van der Waals surface area contributed by atoms with Crippen LogP contribution < -0.4 is 0 Å². The average Bonchev–Trinajstić information content (AvgIpc) is 2.28. The van der Waals surface area contributed by atoms with Crippen molar-refractivity contribution in [3.05, 3.63) is 11.3 Å². The normalized spacial score (nSPS) is 23.5. The maximum atomic E-state index is 11.6. The van der Waals surface area contributed by atoms with Gasteiger partial charge in [-0.25, -0.2) is 4.79 Å². The van der Waals surface area contributed by atoms with Gasteiger partial charge in [-0.1, -0.05) is 20.3 Å². The summed E-state index contributed by atoms with van der Waals surface area (Å²) in [5.74, 6) is -1.42. The molecule has 0 aromatic heterocycles. The van der Waals surface area contributed by atoms with Crippen molar-refractivity contribution in [2.45, 2.75) is 45.8 Å². The summed E-state index contributed by atoms with van der Waals surface area (Å²) in [6.45, 7) is 4.13. The zero-order chi connectivity index (χ0) is 12.8. The Morgan fingerprint density at radius 1 is 1.47 bits per heavy atom. The van der Waals surface area contributed by atoms with E-state index in [0.29, 0.717) is 6.61 Å². The minimum Gasteiger partial charge on any atom is -0.511 e. The van der Waals surface area contributed by atoms with E-state index in [2.05, 4.69) is 0 Å². The minimum absolute atomic E-state index is 0.0190. The van der Waals surface area contributed by atoms with Crippen molar-refractivity contribution in [2.75, 3.05) is 6.61 Å². The number of aliphatic hydroxyl groups is 1. The second-order valence-corrected chi connectivity index (χ2v) is 3.86. The van der Waals surface area contributed by atoms with Crippen LogP contribution in [0.2, 0.25) is 0 Å². The molecule has 1 heterocycles. The van der Waals surface area contributed by atoms with Crippen molar-refractivity contribution in [1.82, 2.24) is 0 Å². The van der Waals surface area contributed by atoms with Crippen LogP contribution in [0, 0.1) is 0 Å². The number of rotatable bonds is 5. The lowest BCUT2D eigenvalue weighted by Crippen LogP contribution is -2.35. The standard InChI is InChI=1S/C12H18O5/c1-3-5-6-16-10-7-9(14)11(8(13)4-2)12(15)17-10/h10,13H,3-7H2,1-2H3/b11-8+. The second-order valence-electron chi connectivity index (χ2n) is 3.86. The first kappa shape index (κ1) is 13.7. The molecule has 0 aromatic rings. The first-order chi connectivity index (χ1) is 8.10. The predicted octanol–water partition coefficient (Wildman–Crippen LogP) is 1.87. The summed E-state index contributed by atoms with van der Waals surface area (Å²) in [6, 6.07) is 0. The van der Waals surface area contributed by atoms with E-state index in [0.717, 1.165) is 12.8 Å². The van der Waals surface area contributed by atoms with E-state index < -0.39 is 18.0 Å². The number of carbonyl (C=O) groups excluding carboxylic acids is 2. The first-order valence-corrected chi connectivity index (χ1v) is 5.88.